The van der Waals surface area contributed by atoms with Crippen molar-refractivity contribution in [3.05, 3.63) is 52.8 Å². The van der Waals surface area contributed by atoms with Crippen molar-refractivity contribution < 1.29 is 4.79 Å². The van der Waals surface area contributed by atoms with E-state index in [9.17, 15) is 4.79 Å². The molecule has 1 heterocycles. The molecular formula is C18H19N3O. The standard InChI is InChI=1S/C18H19N3O/c1-12-7-16(5-6-20-12)21-18-10-13-3-2-4-17(22)9-14(13)8-15(18)11-19/h5-8,10-11,19H,2-4,9H2,1H3,(H,20,21). The number of fused-ring (bicyclic) bond motifs is 1. The summed E-state index contributed by atoms with van der Waals surface area (Å²) in [6.45, 7) is 1.95. The van der Waals surface area contributed by atoms with Crippen LogP contribution in [-0.4, -0.2) is 17.0 Å². The fourth-order valence-electron chi connectivity index (χ4n) is 2.89. The first kappa shape index (κ1) is 14.4. The summed E-state index contributed by atoms with van der Waals surface area (Å²) < 4.78 is 0. The molecule has 1 aliphatic rings. The molecule has 1 aromatic carbocycles. The summed E-state index contributed by atoms with van der Waals surface area (Å²) >= 11 is 0. The predicted octanol–water partition coefficient (Wildman–Crippen LogP) is 3.58. The van der Waals surface area contributed by atoms with E-state index in [1.807, 2.05) is 25.1 Å². The largest absolute Gasteiger partial charge is 0.355 e. The average Bonchev–Trinajstić information content (AvgIpc) is 2.67. The maximum Gasteiger partial charge on any atom is 0.137 e. The Bertz CT molecular complexity index is 737. The first-order chi connectivity index (χ1) is 10.7. The lowest BCUT2D eigenvalue weighted by Gasteiger charge is -2.14. The molecule has 3 rings (SSSR count). The summed E-state index contributed by atoms with van der Waals surface area (Å²) in [4.78, 5) is 16.0. The molecule has 1 aliphatic carbocycles. The monoisotopic (exact) mass is 293 g/mol. The van der Waals surface area contributed by atoms with Crippen LogP contribution >= 0.6 is 0 Å². The number of hydrogen-bond acceptors (Lipinski definition) is 4. The molecule has 4 nitrogen and oxygen atoms in total. The Hall–Kier alpha value is -2.49. The van der Waals surface area contributed by atoms with Crippen LogP contribution in [0.3, 0.4) is 0 Å². The fourth-order valence-corrected chi connectivity index (χ4v) is 2.89. The Morgan fingerprint density at radius 1 is 1.23 bits per heavy atom. The van der Waals surface area contributed by atoms with Crippen molar-refractivity contribution in [1.82, 2.24) is 4.98 Å². The van der Waals surface area contributed by atoms with Crippen LogP contribution in [0, 0.1) is 12.3 Å². The minimum absolute atomic E-state index is 0.292. The third-order valence-electron chi connectivity index (χ3n) is 3.99. The number of aryl methyl sites for hydroxylation is 2. The number of anilines is 2. The molecule has 0 aliphatic heterocycles. The van der Waals surface area contributed by atoms with Crippen LogP contribution in [0.5, 0.6) is 0 Å². The van der Waals surface area contributed by atoms with E-state index >= 15 is 0 Å². The predicted molar refractivity (Wildman–Crippen MR) is 88.2 cm³/mol. The summed E-state index contributed by atoms with van der Waals surface area (Å²) in [7, 11) is 0. The number of Topliss-reactive ketones (excluding diaryl/α,β-unsaturated/α-hetero) is 1. The lowest BCUT2D eigenvalue weighted by atomic mass is 9.98. The minimum atomic E-state index is 0.292. The third kappa shape index (κ3) is 3.06. The average molecular weight is 293 g/mol. The number of ketones is 1. The first-order valence-electron chi connectivity index (χ1n) is 7.53. The lowest BCUT2D eigenvalue weighted by molar-refractivity contribution is -0.118. The summed E-state index contributed by atoms with van der Waals surface area (Å²) in [6.07, 6.45) is 6.08. The second-order valence-corrected chi connectivity index (χ2v) is 5.73. The highest BCUT2D eigenvalue weighted by Gasteiger charge is 2.16. The van der Waals surface area contributed by atoms with Crippen LogP contribution in [0.2, 0.25) is 0 Å². The van der Waals surface area contributed by atoms with Crippen molar-refractivity contribution in [2.75, 3.05) is 5.32 Å². The van der Waals surface area contributed by atoms with Crippen LogP contribution < -0.4 is 5.32 Å². The second-order valence-electron chi connectivity index (χ2n) is 5.73. The highest BCUT2D eigenvalue weighted by atomic mass is 16.1. The number of carbonyl (C=O) groups excluding carboxylic acids is 1. The molecule has 0 atom stereocenters. The van der Waals surface area contributed by atoms with E-state index in [0.29, 0.717) is 18.6 Å². The van der Waals surface area contributed by atoms with Crippen molar-refractivity contribution in [3.63, 3.8) is 0 Å². The van der Waals surface area contributed by atoms with Gasteiger partial charge in [0.05, 0.1) is 0 Å². The highest BCUT2D eigenvalue weighted by Crippen LogP contribution is 2.27. The summed E-state index contributed by atoms with van der Waals surface area (Å²) in [5, 5.41) is 11.0. The molecule has 2 N–H and O–H groups in total. The fraction of sp³-hybridized carbons (Fsp3) is 0.278. The van der Waals surface area contributed by atoms with Gasteiger partial charge in [0, 0.05) is 47.9 Å². The zero-order valence-corrected chi connectivity index (χ0v) is 12.6. The topological polar surface area (TPSA) is 65.8 Å². The lowest BCUT2D eigenvalue weighted by Crippen LogP contribution is -2.03. The second kappa shape index (κ2) is 6.10. The molecule has 112 valence electrons. The molecule has 0 amide bonds. The van der Waals surface area contributed by atoms with Crippen molar-refractivity contribution in [1.29, 1.82) is 5.41 Å². The Morgan fingerprint density at radius 2 is 2.09 bits per heavy atom. The minimum Gasteiger partial charge on any atom is -0.355 e. The summed E-state index contributed by atoms with van der Waals surface area (Å²) in [6, 6.07) is 7.95. The highest BCUT2D eigenvalue weighted by molar-refractivity contribution is 5.90. The number of carbonyl (C=O) groups is 1. The first-order valence-corrected chi connectivity index (χ1v) is 7.53. The van der Waals surface area contributed by atoms with Gasteiger partial charge in [0.25, 0.3) is 0 Å². The zero-order chi connectivity index (χ0) is 15.5. The van der Waals surface area contributed by atoms with Crippen LogP contribution in [0.1, 0.15) is 35.2 Å². The molecule has 4 heteroatoms. The molecule has 0 fully saturated rings. The van der Waals surface area contributed by atoms with Gasteiger partial charge in [0.1, 0.15) is 5.78 Å². The number of benzene rings is 1. The van der Waals surface area contributed by atoms with Gasteiger partial charge in [0.15, 0.2) is 0 Å². The normalized spacial score (nSPS) is 14.1. The Labute approximate surface area is 130 Å². The Balaban J connectivity index is 1.99. The van der Waals surface area contributed by atoms with Crippen molar-refractivity contribution >= 4 is 23.4 Å². The van der Waals surface area contributed by atoms with Gasteiger partial charge in [-0.15, -0.1) is 0 Å². The Morgan fingerprint density at radius 3 is 2.86 bits per heavy atom. The van der Waals surface area contributed by atoms with Crippen LogP contribution in [0.15, 0.2) is 30.5 Å². The molecule has 1 aromatic heterocycles. The van der Waals surface area contributed by atoms with Gasteiger partial charge in [0.2, 0.25) is 0 Å². The summed E-state index contributed by atoms with van der Waals surface area (Å²) in [5.41, 5.74) is 5.90. The number of hydrogen-bond donors (Lipinski definition) is 2. The number of nitrogens with zero attached hydrogens (tertiary/aromatic N) is 1. The van der Waals surface area contributed by atoms with E-state index in [-0.39, 0.29) is 0 Å². The molecule has 22 heavy (non-hydrogen) atoms. The molecule has 0 spiro atoms. The molecule has 0 unspecified atom stereocenters. The van der Waals surface area contributed by atoms with E-state index in [1.54, 1.807) is 6.20 Å². The Kier molecular flexibility index (Phi) is 4.00. The van der Waals surface area contributed by atoms with Crippen LogP contribution in [0.25, 0.3) is 0 Å². The third-order valence-corrected chi connectivity index (χ3v) is 3.99. The van der Waals surface area contributed by atoms with Gasteiger partial charge in [-0.3, -0.25) is 9.78 Å². The smallest absolute Gasteiger partial charge is 0.137 e. The summed E-state index contributed by atoms with van der Waals surface area (Å²) in [5.74, 6) is 0.292. The maximum absolute atomic E-state index is 11.8. The zero-order valence-electron chi connectivity index (χ0n) is 12.6. The van der Waals surface area contributed by atoms with Gasteiger partial charge in [-0.25, -0.2) is 0 Å². The van der Waals surface area contributed by atoms with E-state index in [4.69, 9.17) is 5.41 Å². The van der Waals surface area contributed by atoms with Crippen molar-refractivity contribution in [2.24, 2.45) is 0 Å². The molecule has 0 bridgehead atoms. The van der Waals surface area contributed by atoms with Crippen molar-refractivity contribution in [3.8, 4) is 0 Å². The van der Waals surface area contributed by atoms with E-state index in [2.05, 4.69) is 16.4 Å². The van der Waals surface area contributed by atoms with Gasteiger partial charge < -0.3 is 10.7 Å². The SMILES string of the molecule is Cc1cc(Nc2cc3c(cc2C=N)CC(=O)CCC3)ccn1. The molecular weight excluding hydrogens is 274 g/mol. The van der Waals surface area contributed by atoms with E-state index in [1.165, 1.54) is 11.8 Å². The van der Waals surface area contributed by atoms with Gasteiger partial charge in [-0.2, -0.15) is 0 Å². The van der Waals surface area contributed by atoms with Gasteiger partial charge in [-0.05, 0) is 55.2 Å². The quantitative estimate of drug-likeness (QED) is 0.671. The van der Waals surface area contributed by atoms with Gasteiger partial charge >= 0.3 is 0 Å². The number of rotatable bonds is 3. The number of pyridine rings is 1. The molecule has 0 radical (unpaired) electrons. The van der Waals surface area contributed by atoms with Crippen molar-refractivity contribution in [2.45, 2.75) is 32.6 Å². The van der Waals surface area contributed by atoms with Crippen LogP contribution in [-0.2, 0) is 17.6 Å². The van der Waals surface area contributed by atoms with E-state index < -0.39 is 0 Å². The maximum atomic E-state index is 11.8. The molecule has 0 saturated heterocycles. The molecule has 0 saturated carbocycles. The molecule has 2 aromatic rings. The number of nitrogens with one attached hydrogen (secondary N) is 2. The van der Waals surface area contributed by atoms with Crippen LogP contribution in [0.4, 0.5) is 11.4 Å². The van der Waals surface area contributed by atoms with E-state index in [0.717, 1.165) is 41.0 Å². The number of aromatic nitrogens is 1. The van der Waals surface area contributed by atoms with Gasteiger partial charge in [-0.1, -0.05) is 0 Å².